The van der Waals surface area contributed by atoms with Crippen LogP contribution in [0.25, 0.3) is 0 Å². The number of hydrogen-bond donors (Lipinski definition) is 4. The summed E-state index contributed by atoms with van der Waals surface area (Å²) in [5, 5.41) is 29.4. The molecule has 1 aliphatic heterocycles. The van der Waals surface area contributed by atoms with Gasteiger partial charge in [-0.15, -0.1) is 6.42 Å². The van der Waals surface area contributed by atoms with Gasteiger partial charge in [-0.3, -0.25) is 9.55 Å². The van der Waals surface area contributed by atoms with Crippen LogP contribution in [0.2, 0.25) is 0 Å². The van der Waals surface area contributed by atoms with E-state index in [0.29, 0.717) is 4.57 Å². The van der Waals surface area contributed by atoms with Crippen molar-refractivity contribution >= 4 is 0 Å². The van der Waals surface area contributed by atoms with Crippen molar-refractivity contribution in [1.82, 2.24) is 14.5 Å². The predicted octanol–water partition coefficient (Wildman–Crippen LogP) is -3.45. The molecular weight excluding hydrogens is 258 g/mol. The molecule has 19 heavy (non-hydrogen) atoms. The molecule has 4 N–H and O–H groups in total. The quantitative estimate of drug-likeness (QED) is 0.410. The Morgan fingerprint density at radius 2 is 2.42 bits per heavy atom. The number of H-pyrrole nitrogens is 1. The van der Waals surface area contributed by atoms with Gasteiger partial charge in [0.25, 0.3) is 0 Å². The fourth-order valence-electron chi connectivity index (χ4n) is 1.75. The zero-order valence-corrected chi connectivity index (χ0v) is 9.35. The van der Waals surface area contributed by atoms with Crippen LogP contribution in [-0.4, -0.2) is 54.2 Å². The van der Waals surface area contributed by atoms with Gasteiger partial charge in [-0.1, -0.05) is 5.92 Å². The monoisotopic (exact) mass is 271 g/mol. The number of aliphatic hydroxyl groups is 3. The molecule has 1 unspecified atom stereocenters. The van der Waals surface area contributed by atoms with Gasteiger partial charge in [0, 0.05) is 0 Å². The Kier molecular flexibility index (Phi) is 2.63. The standard InChI is InChI=1S/C10H11N3O6/c1-2-10(18)6(15)5(3-14)19-7(10)13-4-11-8(16)12-9(13)17/h1,4-7,14-15,18H,3H2,(H,12,16,17)/t5-,6+,7-,10?/m1/s1/i3D2. The summed E-state index contributed by atoms with van der Waals surface area (Å²) in [6, 6.07) is 0. The summed E-state index contributed by atoms with van der Waals surface area (Å²) in [6.07, 6.45) is 0.153. The first-order chi connectivity index (χ1) is 9.61. The first kappa shape index (κ1) is 10.9. The Morgan fingerprint density at radius 1 is 1.74 bits per heavy atom. The Labute approximate surface area is 108 Å². The molecule has 1 aromatic heterocycles. The molecule has 0 bridgehead atoms. The Balaban J connectivity index is 2.55. The third kappa shape index (κ3) is 1.96. The van der Waals surface area contributed by atoms with E-state index in [9.17, 15) is 24.9 Å². The number of rotatable bonds is 2. The number of aliphatic hydroxyl groups excluding tert-OH is 1. The van der Waals surface area contributed by atoms with Crippen LogP contribution in [0.15, 0.2) is 15.9 Å². The summed E-state index contributed by atoms with van der Waals surface area (Å²) in [5.41, 5.74) is -4.50. The van der Waals surface area contributed by atoms with E-state index in [4.69, 9.17) is 13.9 Å². The van der Waals surface area contributed by atoms with E-state index in [1.165, 1.54) is 0 Å². The van der Waals surface area contributed by atoms with E-state index < -0.39 is 42.0 Å². The van der Waals surface area contributed by atoms with Crippen molar-refractivity contribution in [2.24, 2.45) is 0 Å². The van der Waals surface area contributed by atoms with Gasteiger partial charge in [0.05, 0.1) is 9.30 Å². The molecule has 0 aromatic carbocycles. The van der Waals surface area contributed by atoms with Gasteiger partial charge in [0.15, 0.2) is 11.8 Å². The van der Waals surface area contributed by atoms with Crippen LogP contribution < -0.4 is 11.4 Å². The molecule has 1 aliphatic rings. The summed E-state index contributed by atoms with van der Waals surface area (Å²) in [7, 11) is 0. The van der Waals surface area contributed by atoms with E-state index in [1.54, 1.807) is 10.9 Å². The molecule has 2 rings (SSSR count). The molecular formula is C10H11N3O6. The predicted molar refractivity (Wildman–Crippen MR) is 59.9 cm³/mol. The van der Waals surface area contributed by atoms with Crippen LogP contribution in [0.5, 0.6) is 0 Å². The molecule has 102 valence electrons. The number of nitrogens with one attached hydrogen (secondary N) is 1. The van der Waals surface area contributed by atoms with Crippen molar-refractivity contribution in [3.63, 3.8) is 0 Å². The number of terminal acetylenes is 1. The van der Waals surface area contributed by atoms with Gasteiger partial charge < -0.3 is 20.1 Å². The minimum Gasteiger partial charge on any atom is -0.394 e. The third-order valence-electron chi connectivity index (χ3n) is 2.75. The van der Waals surface area contributed by atoms with Crippen molar-refractivity contribution in [3.8, 4) is 12.3 Å². The highest BCUT2D eigenvalue weighted by molar-refractivity contribution is 5.19. The average molecular weight is 271 g/mol. The lowest BCUT2D eigenvalue weighted by molar-refractivity contribution is -0.0770. The lowest BCUT2D eigenvalue weighted by atomic mass is 9.95. The zero-order chi connectivity index (χ0) is 16.0. The summed E-state index contributed by atoms with van der Waals surface area (Å²) in [5.74, 6) is 1.81. The second-order valence-corrected chi connectivity index (χ2v) is 3.84. The minimum atomic E-state index is -3.03. The number of ether oxygens (including phenoxy) is 1. The lowest BCUT2D eigenvalue weighted by Gasteiger charge is -2.25. The molecule has 0 radical (unpaired) electrons. The van der Waals surface area contributed by atoms with Crippen molar-refractivity contribution in [2.75, 3.05) is 6.56 Å². The van der Waals surface area contributed by atoms with E-state index >= 15 is 0 Å². The van der Waals surface area contributed by atoms with Crippen LogP contribution in [0, 0.1) is 12.3 Å². The maximum absolute atomic E-state index is 11.7. The highest BCUT2D eigenvalue weighted by Crippen LogP contribution is 2.36. The smallest absolute Gasteiger partial charge is 0.350 e. The molecule has 0 amide bonds. The summed E-state index contributed by atoms with van der Waals surface area (Å²) in [4.78, 5) is 27.6. The lowest BCUT2D eigenvalue weighted by Crippen LogP contribution is -2.48. The maximum Gasteiger partial charge on any atom is 0.350 e. The molecule has 1 aromatic rings. The van der Waals surface area contributed by atoms with Gasteiger partial charge in [-0.25, -0.2) is 9.59 Å². The Bertz CT molecular complexity index is 704. The number of hydrogen-bond acceptors (Lipinski definition) is 7. The second-order valence-electron chi connectivity index (χ2n) is 3.84. The van der Waals surface area contributed by atoms with Crippen LogP contribution in [0.1, 0.15) is 8.97 Å². The van der Waals surface area contributed by atoms with Crippen molar-refractivity contribution in [1.29, 1.82) is 0 Å². The summed E-state index contributed by atoms with van der Waals surface area (Å²) < 4.78 is 19.9. The summed E-state index contributed by atoms with van der Waals surface area (Å²) >= 11 is 0. The molecule has 1 fully saturated rings. The fraction of sp³-hybridized carbons (Fsp3) is 0.500. The molecule has 1 saturated heterocycles. The maximum atomic E-state index is 11.7. The molecule has 0 aliphatic carbocycles. The van der Waals surface area contributed by atoms with E-state index in [0.717, 1.165) is 6.33 Å². The molecule has 9 heteroatoms. The number of aromatic amines is 1. The van der Waals surface area contributed by atoms with Crippen molar-refractivity contribution < 1.29 is 22.8 Å². The first-order valence-corrected chi connectivity index (χ1v) is 5.04. The molecule has 9 nitrogen and oxygen atoms in total. The summed E-state index contributed by atoms with van der Waals surface area (Å²) in [6.45, 7) is -3.03. The van der Waals surface area contributed by atoms with Gasteiger partial charge in [0.1, 0.15) is 18.5 Å². The van der Waals surface area contributed by atoms with Gasteiger partial charge in [-0.2, -0.15) is 4.98 Å². The first-order valence-electron chi connectivity index (χ1n) is 6.04. The van der Waals surface area contributed by atoms with Gasteiger partial charge in [-0.05, 0) is 0 Å². The van der Waals surface area contributed by atoms with Crippen LogP contribution in [0.4, 0.5) is 0 Å². The third-order valence-corrected chi connectivity index (χ3v) is 2.75. The highest BCUT2D eigenvalue weighted by atomic mass is 16.6. The van der Waals surface area contributed by atoms with Crippen molar-refractivity contribution in [3.05, 3.63) is 27.3 Å². The molecule has 4 atom stereocenters. The van der Waals surface area contributed by atoms with E-state index in [-0.39, 0.29) is 0 Å². The second kappa shape index (κ2) is 4.60. The molecule has 0 spiro atoms. The topological polar surface area (TPSA) is 138 Å². The van der Waals surface area contributed by atoms with Crippen molar-refractivity contribution in [2.45, 2.75) is 24.0 Å². The molecule has 0 saturated carbocycles. The Hall–Kier alpha value is -1.99. The fourth-order valence-corrected chi connectivity index (χ4v) is 1.75. The van der Waals surface area contributed by atoms with E-state index in [1.807, 2.05) is 0 Å². The van der Waals surface area contributed by atoms with Crippen LogP contribution in [-0.2, 0) is 4.74 Å². The van der Waals surface area contributed by atoms with Gasteiger partial charge >= 0.3 is 11.4 Å². The zero-order valence-electron chi connectivity index (χ0n) is 11.3. The molecule has 2 heterocycles. The number of nitrogens with zero attached hydrogens (tertiary/aromatic N) is 2. The minimum absolute atomic E-state index is 0.580. The average Bonchev–Trinajstić information content (AvgIpc) is 2.63. The SMILES string of the molecule is [2H]C([2H])(O)[C@H]1O[C@@H](n2cnc(=O)[nH]c2=O)C(O)(C#C)[C@H]1O. The number of aromatic nitrogens is 3. The Morgan fingerprint density at radius 3 is 2.95 bits per heavy atom. The van der Waals surface area contributed by atoms with Gasteiger partial charge in [0.2, 0.25) is 0 Å². The van der Waals surface area contributed by atoms with Crippen LogP contribution in [0.3, 0.4) is 0 Å². The largest absolute Gasteiger partial charge is 0.394 e. The van der Waals surface area contributed by atoms with Crippen LogP contribution >= 0.6 is 0 Å². The highest BCUT2D eigenvalue weighted by Gasteiger charge is 2.55. The van der Waals surface area contributed by atoms with E-state index in [2.05, 4.69) is 4.98 Å². The normalized spacial score (nSPS) is 36.4.